The van der Waals surface area contributed by atoms with Crippen LogP contribution in [0, 0.1) is 23.3 Å². The van der Waals surface area contributed by atoms with Crippen LogP contribution in [0.1, 0.15) is 13.3 Å². The number of aliphatic carboxylic acids is 1. The number of hydrogen-bond acceptors (Lipinski definition) is 2. The van der Waals surface area contributed by atoms with Gasteiger partial charge in [0.25, 0.3) is 0 Å². The quantitative estimate of drug-likeness (QED) is 0.638. The van der Waals surface area contributed by atoms with E-state index in [1.54, 1.807) is 0 Å². The fourth-order valence-corrected chi connectivity index (χ4v) is 1.21. The van der Waals surface area contributed by atoms with Crippen LogP contribution in [-0.4, -0.2) is 17.1 Å². The van der Waals surface area contributed by atoms with Crippen molar-refractivity contribution in [2.45, 2.75) is 19.4 Å². The highest BCUT2D eigenvalue weighted by Crippen LogP contribution is 2.25. The van der Waals surface area contributed by atoms with E-state index in [1.807, 2.05) is 5.32 Å². The van der Waals surface area contributed by atoms with Gasteiger partial charge in [0.05, 0.1) is 0 Å². The lowest BCUT2D eigenvalue weighted by Gasteiger charge is -2.15. The lowest BCUT2D eigenvalue weighted by molar-refractivity contribution is -0.137. The first-order valence-corrected chi connectivity index (χ1v) is 4.70. The minimum absolute atomic E-state index is 0.00759. The van der Waals surface area contributed by atoms with Gasteiger partial charge in [0, 0.05) is 6.07 Å². The molecule has 17 heavy (non-hydrogen) atoms. The molecule has 1 atom stereocenters. The third-order valence-electron chi connectivity index (χ3n) is 2.14. The Bertz CT molecular complexity index is 424. The van der Waals surface area contributed by atoms with Gasteiger partial charge in [-0.25, -0.2) is 22.4 Å². The minimum Gasteiger partial charge on any atom is -0.480 e. The summed E-state index contributed by atoms with van der Waals surface area (Å²) < 4.78 is 51.9. The first-order valence-electron chi connectivity index (χ1n) is 4.70. The number of anilines is 1. The van der Waals surface area contributed by atoms with E-state index in [-0.39, 0.29) is 12.5 Å². The summed E-state index contributed by atoms with van der Waals surface area (Å²) in [6.07, 6.45) is -0.00759. The number of hydrogen-bond donors (Lipinski definition) is 2. The van der Waals surface area contributed by atoms with Crippen LogP contribution in [0.5, 0.6) is 0 Å². The van der Waals surface area contributed by atoms with Gasteiger partial charge in [-0.15, -0.1) is 0 Å². The third-order valence-corrected chi connectivity index (χ3v) is 2.14. The zero-order valence-corrected chi connectivity index (χ0v) is 8.73. The first kappa shape index (κ1) is 13.3. The fraction of sp³-hybridized carbons (Fsp3) is 0.300. The normalized spacial score (nSPS) is 12.3. The van der Waals surface area contributed by atoms with Crippen molar-refractivity contribution in [3.63, 3.8) is 0 Å². The van der Waals surface area contributed by atoms with Crippen molar-refractivity contribution in [2.75, 3.05) is 5.32 Å². The van der Waals surface area contributed by atoms with Crippen LogP contribution in [0.3, 0.4) is 0 Å². The predicted molar refractivity (Wildman–Crippen MR) is 51.6 cm³/mol. The zero-order valence-electron chi connectivity index (χ0n) is 8.73. The van der Waals surface area contributed by atoms with Gasteiger partial charge < -0.3 is 10.4 Å². The standard InChI is InChI=1S/C10H9F4NO2/c1-2-6(10(16)17)15-9-7(13)4(11)3-5(12)8(9)14/h3,6,15H,2H2,1H3,(H,16,17). The predicted octanol–water partition coefficient (Wildman–Crippen LogP) is 2.52. The molecule has 0 aromatic heterocycles. The Balaban J connectivity index is 3.17. The molecular formula is C10H9F4NO2. The summed E-state index contributed by atoms with van der Waals surface area (Å²) in [7, 11) is 0. The Kier molecular flexibility index (Phi) is 3.93. The molecule has 0 saturated heterocycles. The number of carboxylic acids is 1. The van der Waals surface area contributed by atoms with Gasteiger partial charge in [0.15, 0.2) is 23.3 Å². The van der Waals surface area contributed by atoms with Crippen LogP contribution in [0.25, 0.3) is 0 Å². The molecule has 0 saturated carbocycles. The van der Waals surface area contributed by atoms with E-state index in [0.29, 0.717) is 0 Å². The molecule has 1 aromatic rings. The fourth-order valence-electron chi connectivity index (χ4n) is 1.21. The van der Waals surface area contributed by atoms with Crippen LogP contribution in [0.2, 0.25) is 0 Å². The van der Waals surface area contributed by atoms with Crippen LogP contribution in [0.4, 0.5) is 23.2 Å². The Morgan fingerprint density at radius 2 is 1.76 bits per heavy atom. The average Bonchev–Trinajstić information content (AvgIpc) is 2.26. The van der Waals surface area contributed by atoms with Gasteiger partial charge in [0.1, 0.15) is 11.7 Å². The van der Waals surface area contributed by atoms with Crippen molar-refractivity contribution in [3.05, 3.63) is 29.3 Å². The molecule has 1 unspecified atom stereocenters. The molecule has 0 aliphatic rings. The van der Waals surface area contributed by atoms with Gasteiger partial charge in [-0.2, -0.15) is 0 Å². The monoisotopic (exact) mass is 251 g/mol. The number of carboxylic acid groups (broad SMARTS) is 1. The smallest absolute Gasteiger partial charge is 0.326 e. The number of halogens is 4. The summed E-state index contributed by atoms with van der Waals surface area (Å²) in [6, 6.07) is -1.28. The van der Waals surface area contributed by atoms with E-state index < -0.39 is 41.0 Å². The van der Waals surface area contributed by atoms with Gasteiger partial charge >= 0.3 is 5.97 Å². The Labute approximate surface area is 94.1 Å². The average molecular weight is 251 g/mol. The Hall–Kier alpha value is -1.79. The van der Waals surface area contributed by atoms with Crippen LogP contribution < -0.4 is 5.32 Å². The van der Waals surface area contributed by atoms with Crippen LogP contribution >= 0.6 is 0 Å². The molecule has 1 rings (SSSR count). The molecule has 2 N–H and O–H groups in total. The SMILES string of the molecule is CCC(Nc1c(F)c(F)cc(F)c1F)C(=O)O. The molecule has 0 radical (unpaired) electrons. The molecule has 3 nitrogen and oxygen atoms in total. The Morgan fingerprint density at radius 3 is 2.12 bits per heavy atom. The molecule has 0 bridgehead atoms. The third kappa shape index (κ3) is 2.66. The first-order chi connectivity index (χ1) is 7.88. The number of nitrogens with one attached hydrogen (secondary N) is 1. The molecule has 1 aromatic carbocycles. The van der Waals surface area contributed by atoms with Crippen molar-refractivity contribution in [2.24, 2.45) is 0 Å². The minimum atomic E-state index is -1.65. The number of carbonyl (C=O) groups is 1. The maximum Gasteiger partial charge on any atom is 0.326 e. The summed E-state index contributed by atoms with van der Waals surface area (Å²) in [4.78, 5) is 10.6. The summed E-state index contributed by atoms with van der Waals surface area (Å²) in [5, 5.41) is 10.6. The summed E-state index contributed by atoms with van der Waals surface area (Å²) in [5.74, 6) is -7.86. The van der Waals surface area contributed by atoms with E-state index in [1.165, 1.54) is 6.92 Å². The number of rotatable bonds is 4. The van der Waals surface area contributed by atoms with Crippen molar-refractivity contribution >= 4 is 11.7 Å². The topological polar surface area (TPSA) is 49.3 Å². The molecule has 7 heteroatoms. The van der Waals surface area contributed by atoms with Crippen LogP contribution in [-0.2, 0) is 4.79 Å². The molecule has 0 amide bonds. The highest BCUT2D eigenvalue weighted by Gasteiger charge is 2.23. The molecule has 0 aliphatic heterocycles. The van der Waals surface area contributed by atoms with Crippen LogP contribution in [0.15, 0.2) is 6.07 Å². The van der Waals surface area contributed by atoms with Crippen molar-refractivity contribution in [1.29, 1.82) is 0 Å². The molecule has 0 aliphatic carbocycles. The van der Waals surface area contributed by atoms with E-state index in [0.717, 1.165) is 0 Å². The maximum atomic E-state index is 13.2. The Morgan fingerprint density at radius 1 is 1.29 bits per heavy atom. The summed E-state index contributed by atoms with van der Waals surface area (Å²) in [6.45, 7) is 1.44. The molecular weight excluding hydrogens is 242 g/mol. The van der Waals surface area contributed by atoms with Gasteiger partial charge in [0.2, 0.25) is 0 Å². The molecule has 0 heterocycles. The van der Waals surface area contributed by atoms with Crippen molar-refractivity contribution in [1.82, 2.24) is 0 Å². The lowest BCUT2D eigenvalue weighted by Crippen LogP contribution is -2.29. The highest BCUT2D eigenvalue weighted by molar-refractivity contribution is 5.77. The second kappa shape index (κ2) is 5.03. The molecule has 94 valence electrons. The second-order valence-corrected chi connectivity index (χ2v) is 3.29. The largest absolute Gasteiger partial charge is 0.480 e. The second-order valence-electron chi connectivity index (χ2n) is 3.29. The van der Waals surface area contributed by atoms with E-state index in [2.05, 4.69) is 0 Å². The van der Waals surface area contributed by atoms with E-state index in [4.69, 9.17) is 5.11 Å². The van der Waals surface area contributed by atoms with Gasteiger partial charge in [-0.05, 0) is 6.42 Å². The summed E-state index contributed by atoms with van der Waals surface area (Å²) >= 11 is 0. The van der Waals surface area contributed by atoms with Gasteiger partial charge in [-0.1, -0.05) is 6.92 Å². The molecule has 0 fully saturated rings. The lowest BCUT2D eigenvalue weighted by atomic mass is 10.2. The van der Waals surface area contributed by atoms with E-state index >= 15 is 0 Å². The van der Waals surface area contributed by atoms with Crippen molar-refractivity contribution in [3.8, 4) is 0 Å². The number of benzene rings is 1. The maximum absolute atomic E-state index is 13.2. The van der Waals surface area contributed by atoms with Crippen molar-refractivity contribution < 1.29 is 27.5 Å². The highest BCUT2D eigenvalue weighted by atomic mass is 19.2. The summed E-state index contributed by atoms with van der Waals surface area (Å²) in [5.41, 5.74) is -1.11. The zero-order chi connectivity index (χ0) is 13.2. The molecule has 0 spiro atoms. The van der Waals surface area contributed by atoms with E-state index in [9.17, 15) is 22.4 Å². The van der Waals surface area contributed by atoms with Gasteiger partial charge in [-0.3, -0.25) is 0 Å².